The van der Waals surface area contributed by atoms with Gasteiger partial charge in [0.1, 0.15) is 11.6 Å². The third kappa shape index (κ3) is 3.71. The maximum atomic E-state index is 13.4. The summed E-state index contributed by atoms with van der Waals surface area (Å²) in [6.45, 7) is 2.31. The van der Waals surface area contributed by atoms with Gasteiger partial charge in [-0.15, -0.1) is 0 Å². The zero-order valence-electron chi connectivity index (χ0n) is 10.2. The Morgan fingerprint density at radius 1 is 1.53 bits per heavy atom. The molecule has 4 nitrogen and oxygen atoms in total. The Hall–Kier alpha value is -1.62. The van der Waals surface area contributed by atoms with Crippen LogP contribution in [0.4, 0.5) is 10.1 Å². The van der Waals surface area contributed by atoms with Crippen LogP contribution in [-0.2, 0) is 4.79 Å². The summed E-state index contributed by atoms with van der Waals surface area (Å²) < 4.78 is 18.4. The van der Waals surface area contributed by atoms with Crippen molar-refractivity contribution in [1.29, 1.82) is 0 Å². The number of carbonyl (C=O) groups excluding carboxylic acids is 1. The third-order valence-electron chi connectivity index (χ3n) is 2.39. The van der Waals surface area contributed by atoms with Crippen LogP contribution in [0.2, 0.25) is 0 Å². The van der Waals surface area contributed by atoms with Gasteiger partial charge in [0.05, 0.1) is 12.8 Å². The Labute approximate surface area is 100 Å². The van der Waals surface area contributed by atoms with E-state index < -0.39 is 5.82 Å². The van der Waals surface area contributed by atoms with Gasteiger partial charge in [0.2, 0.25) is 5.91 Å². The number of amides is 1. The number of hydrogen-bond donors (Lipinski definition) is 2. The maximum Gasteiger partial charge on any atom is 0.228 e. The summed E-state index contributed by atoms with van der Waals surface area (Å²) in [6.07, 6.45) is 0. The molecule has 0 aliphatic rings. The molecule has 0 saturated heterocycles. The Morgan fingerprint density at radius 2 is 2.24 bits per heavy atom. The van der Waals surface area contributed by atoms with Crippen LogP contribution < -0.4 is 15.4 Å². The van der Waals surface area contributed by atoms with Crippen LogP contribution >= 0.6 is 0 Å². The van der Waals surface area contributed by atoms with E-state index in [0.717, 1.165) is 0 Å². The predicted octanol–water partition coefficient (Wildman–Crippen LogP) is 1.63. The first-order valence-electron chi connectivity index (χ1n) is 5.37. The molecule has 0 saturated carbocycles. The van der Waals surface area contributed by atoms with E-state index in [1.165, 1.54) is 25.3 Å². The lowest BCUT2D eigenvalue weighted by molar-refractivity contribution is -0.119. The van der Waals surface area contributed by atoms with Crippen molar-refractivity contribution in [2.75, 3.05) is 26.0 Å². The van der Waals surface area contributed by atoms with Gasteiger partial charge < -0.3 is 15.4 Å². The van der Waals surface area contributed by atoms with E-state index in [0.29, 0.717) is 12.3 Å². The number of methoxy groups -OCH3 is 1. The monoisotopic (exact) mass is 240 g/mol. The second-order valence-electron chi connectivity index (χ2n) is 3.79. The molecule has 0 aliphatic heterocycles. The minimum Gasteiger partial charge on any atom is -0.497 e. The highest BCUT2D eigenvalue weighted by molar-refractivity contribution is 5.92. The number of hydrogen-bond acceptors (Lipinski definition) is 3. The van der Waals surface area contributed by atoms with Crippen molar-refractivity contribution in [2.24, 2.45) is 5.92 Å². The predicted molar refractivity (Wildman–Crippen MR) is 64.7 cm³/mol. The van der Waals surface area contributed by atoms with Gasteiger partial charge in [0.25, 0.3) is 0 Å². The van der Waals surface area contributed by atoms with E-state index >= 15 is 0 Å². The number of benzene rings is 1. The van der Waals surface area contributed by atoms with E-state index in [1.807, 2.05) is 0 Å². The number of nitrogens with one attached hydrogen (secondary N) is 2. The Balaban J connectivity index is 2.76. The zero-order chi connectivity index (χ0) is 12.8. The highest BCUT2D eigenvalue weighted by Crippen LogP contribution is 2.21. The Morgan fingerprint density at radius 3 is 2.82 bits per heavy atom. The highest BCUT2D eigenvalue weighted by atomic mass is 19.1. The molecule has 5 heteroatoms. The topological polar surface area (TPSA) is 50.4 Å². The van der Waals surface area contributed by atoms with Crippen molar-refractivity contribution in [3.05, 3.63) is 24.0 Å². The summed E-state index contributed by atoms with van der Waals surface area (Å²) in [7, 11) is 3.25. The van der Waals surface area contributed by atoms with E-state index in [1.54, 1.807) is 14.0 Å². The molecule has 1 aromatic rings. The molecule has 1 amide bonds. The van der Waals surface area contributed by atoms with Crippen molar-refractivity contribution < 1.29 is 13.9 Å². The van der Waals surface area contributed by atoms with Crippen molar-refractivity contribution in [1.82, 2.24) is 5.32 Å². The lowest BCUT2D eigenvalue weighted by atomic mass is 10.1. The molecule has 0 heterocycles. The average Bonchev–Trinajstić information content (AvgIpc) is 2.32. The fraction of sp³-hybridized carbons (Fsp3) is 0.417. The van der Waals surface area contributed by atoms with Crippen molar-refractivity contribution in [3.8, 4) is 5.75 Å². The van der Waals surface area contributed by atoms with Gasteiger partial charge >= 0.3 is 0 Å². The number of anilines is 1. The fourth-order valence-electron chi connectivity index (χ4n) is 1.38. The molecule has 1 unspecified atom stereocenters. The van der Waals surface area contributed by atoms with Crippen LogP contribution in [0, 0.1) is 11.7 Å². The van der Waals surface area contributed by atoms with Gasteiger partial charge in [0.15, 0.2) is 0 Å². The molecule has 0 fully saturated rings. The minimum absolute atomic E-state index is 0.136. The van der Waals surface area contributed by atoms with Gasteiger partial charge in [-0.1, -0.05) is 6.92 Å². The molecule has 1 rings (SSSR count). The fourth-order valence-corrected chi connectivity index (χ4v) is 1.38. The van der Waals surface area contributed by atoms with Crippen LogP contribution in [0.15, 0.2) is 18.2 Å². The molecule has 2 N–H and O–H groups in total. The first kappa shape index (κ1) is 13.4. The average molecular weight is 240 g/mol. The molecule has 1 aromatic carbocycles. The molecular formula is C12H17FN2O2. The molecule has 94 valence electrons. The summed E-state index contributed by atoms with van der Waals surface area (Å²) in [5, 5.41) is 5.43. The van der Waals surface area contributed by atoms with Crippen LogP contribution in [0.25, 0.3) is 0 Å². The van der Waals surface area contributed by atoms with E-state index in [4.69, 9.17) is 4.74 Å². The molecule has 0 spiro atoms. The number of rotatable bonds is 5. The molecule has 0 aliphatic carbocycles. The third-order valence-corrected chi connectivity index (χ3v) is 2.39. The zero-order valence-corrected chi connectivity index (χ0v) is 10.2. The molecular weight excluding hydrogens is 223 g/mol. The number of carbonyl (C=O) groups is 1. The van der Waals surface area contributed by atoms with Gasteiger partial charge in [-0.2, -0.15) is 0 Å². The summed E-state index contributed by atoms with van der Waals surface area (Å²) in [6, 6.07) is 4.22. The largest absolute Gasteiger partial charge is 0.497 e. The van der Waals surface area contributed by atoms with E-state index in [-0.39, 0.29) is 17.5 Å². The minimum atomic E-state index is -0.476. The lowest BCUT2D eigenvalue weighted by Gasteiger charge is -2.12. The first-order chi connectivity index (χ1) is 8.08. The van der Waals surface area contributed by atoms with Crippen LogP contribution in [0.5, 0.6) is 5.75 Å². The van der Waals surface area contributed by atoms with E-state index in [9.17, 15) is 9.18 Å². The Kier molecular flexibility index (Phi) is 4.90. The van der Waals surface area contributed by atoms with Crippen molar-refractivity contribution in [3.63, 3.8) is 0 Å². The van der Waals surface area contributed by atoms with Crippen molar-refractivity contribution in [2.45, 2.75) is 6.92 Å². The summed E-state index contributed by atoms with van der Waals surface area (Å²) >= 11 is 0. The highest BCUT2D eigenvalue weighted by Gasteiger charge is 2.14. The lowest BCUT2D eigenvalue weighted by Crippen LogP contribution is -2.28. The number of halogens is 1. The second kappa shape index (κ2) is 6.20. The summed E-state index contributed by atoms with van der Waals surface area (Å²) in [4.78, 5) is 11.7. The standard InChI is InChI=1S/C12H17FN2O2/c1-8(7-14-2)12(16)15-11-6-9(17-3)4-5-10(11)13/h4-6,8,14H,7H2,1-3H3,(H,15,16). The van der Waals surface area contributed by atoms with Gasteiger partial charge in [-0.25, -0.2) is 4.39 Å². The van der Waals surface area contributed by atoms with Crippen LogP contribution in [0.3, 0.4) is 0 Å². The molecule has 0 radical (unpaired) electrons. The Bertz CT molecular complexity index is 396. The van der Waals surface area contributed by atoms with E-state index in [2.05, 4.69) is 10.6 Å². The smallest absolute Gasteiger partial charge is 0.228 e. The van der Waals surface area contributed by atoms with Gasteiger partial charge in [-0.05, 0) is 19.2 Å². The summed E-state index contributed by atoms with van der Waals surface area (Å²) in [5.74, 6) is -0.434. The SMILES string of the molecule is CNCC(C)C(=O)Nc1cc(OC)ccc1F. The van der Waals surface area contributed by atoms with Gasteiger partial charge in [-0.3, -0.25) is 4.79 Å². The molecule has 17 heavy (non-hydrogen) atoms. The molecule has 0 aromatic heterocycles. The summed E-state index contributed by atoms with van der Waals surface area (Å²) in [5.41, 5.74) is 0.136. The van der Waals surface area contributed by atoms with Crippen LogP contribution in [-0.4, -0.2) is 26.6 Å². The second-order valence-corrected chi connectivity index (χ2v) is 3.79. The van der Waals surface area contributed by atoms with Gasteiger partial charge in [0, 0.05) is 18.5 Å². The normalized spacial score (nSPS) is 12.0. The number of ether oxygens (including phenoxy) is 1. The quantitative estimate of drug-likeness (QED) is 0.822. The molecule has 0 bridgehead atoms. The van der Waals surface area contributed by atoms with Crippen molar-refractivity contribution >= 4 is 11.6 Å². The molecule has 1 atom stereocenters. The first-order valence-corrected chi connectivity index (χ1v) is 5.37. The maximum absolute atomic E-state index is 13.4. The van der Waals surface area contributed by atoms with Crippen LogP contribution in [0.1, 0.15) is 6.92 Å².